The lowest BCUT2D eigenvalue weighted by Gasteiger charge is -2.21. The molecule has 4 N–H and O–H groups in total. The largest absolute Gasteiger partial charge is 0.496 e. The number of amidine groups is 1. The lowest BCUT2D eigenvalue weighted by atomic mass is 10.1. The molecular weight excluding hydrogens is 356 g/mol. The fraction of sp³-hybridized carbons (Fsp3) is 0.476. The Morgan fingerprint density at radius 1 is 1.21 bits per heavy atom. The highest BCUT2D eigenvalue weighted by Crippen LogP contribution is 2.30. The Morgan fingerprint density at radius 2 is 1.89 bits per heavy atom. The molecule has 0 saturated carbocycles. The molecule has 1 aromatic carbocycles. The Balaban J connectivity index is 2.33. The first-order valence-corrected chi connectivity index (χ1v) is 9.62. The van der Waals surface area contributed by atoms with Crippen molar-refractivity contribution < 1.29 is 14.6 Å². The van der Waals surface area contributed by atoms with Gasteiger partial charge in [0.15, 0.2) is 0 Å². The molecular formula is C21H32N4O3. The molecule has 2 aromatic rings. The van der Waals surface area contributed by atoms with Crippen LogP contribution in [-0.2, 0) is 6.54 Å². The molecule has 0 unspecified atom stereocenters. The number of hydrogen-bond acceptors (Lipinski definition) is 5. The first kappa shape index (κ1) is 21.6. The quantitative estimate of drug-likeness (QED) is 0.351. The van der Waals surface area contributed by atoms with Crippen LogP contribution in [0, 0.1) is 5.41 Å². The molecule has 1 heterocycles. The van der Waals surface area contributed by atoms with Gasteiger partial charge in [-0.3, -0.25) is 5.41 Å². The lowest BCUT2D eigenvalue weighted by molar-refractivity contribution is 0.247. The number of nitrogens with zero attached hydrogens (tertiary/aromatic N) is 1. The van der Waals surface area contributed by atoms with Gasteiger partial charge in [0, 0.05) is 13.2 Å². The minimum Gasteiger partial charge on any atom is -0.496 e. The summed E-state index contributed by atoms with van der Waals surface area (Å²) < 4.78 is 13.0. The van der Waals surface area contributed by atoms with E-state index in [1.165, 1.54) is 0 Å². The topological polar surface area (TPSA) is 91.5 Å². The summed E-state index contributed by atoms with van der Waals surface area (Å²) in [5.41, 5.74) is 2.48. The van der Waals surface area contributed by atoms with E-state index in [1.807, 2.05) is 42.1 Å². The number of ether oxygens (including phenoxy) is 2. The van der Waals surface area contributed by atoms with Crippen LogP contribution < -0.4 is 20.1 Å². The van der Waals surface area contributed by atoms with Crippen molar-refractivity contribution in [1.82, 2.24) is 9.88 Å². The molecule has 0 spiro atoms. The van der Waals surface area contributed by atoms with E-state index in [0.29, 0.717) is 6.54 Å². The summed E-state index contributed by atoms with van der Waals surface area (Å²) in [6.07, 6.45) is 4.82. The molecule has 154 valence electrons. The van der Waals surface area contributed by atoms with Crippen LogP contribution in [-0.4, -0.2) is 49.4 Å². The van der Waals surface area contributed by atoms with Gasteiger partial charge in [-0.25, -0.2) is 0 Å². The normalized spacial score (nSPS) is 11.8. The maximum atomic E-state index is 9.65. The number of aliphatic hydroxyl groups excluding tert-OH is 1. The molecule has 2 rings (SSSR count). The van der Waals surface area contributed by atoms with E-state index in [-0.39, 0.29) is 18.5 Å². The first-order valence-electron chi connectivity index (χ1n) is 9.62. The number of aliphatic hydroxyl groups is 1. The predicted octanol–water partition coefficient (Wildman–Crippen LogP) is 3.06. The van der Waals surface area contributed by atoms with Gasteiger partial charge >= 0.3 is 0 Å². The van der Waals surface area contributed by atoms with Gasteiger partial charge in [0.2, 0.25) is 0 Å². The molecule has 0 fully saturated rings. The minimum absolute atomic E-state index is 0.00168. The molecule has 7 heteroatoms. The number of unbranched alkanes of at least 4 members (excludes halogenated alkanes) is 1. The lowest BCUT2D eigenvalue weighted by Crippen LogP contribution is -2.38. The van der Waals surface area contributed by atoms with Crippen LogP contribution in [0.5, 0.6) is 11.5 Å². The monoisotopic (exact) mass is 388 g/mol. The maximum Gasteiger partial charge on any atom is 0.144 e. The molecule has 0 bridgehead atoms. The smallest absolute Gasteiger partial charge is 0.144 e. The van der Waals surface area contributed by atoms with Crippen molar-refractivity contribution in [3.05, 3.63) is 41.7 Å². The van der Waals surface area contributed by atoms with Crippen molar-refractivity contribution in [3.63, 3.8) is 0 Å². The van der Waals surface area contributed by atoms with E-state index in [1.54, 1.807) is 14.2 Å². The van der Waals surface area contributed by atoms with E-state index in [2.05, 4.69) is 17.6 Å². The van der Waals surface area contributed by atoms with Gasteiger partial charge in [-0.15, -0.1) is 0 Å². The van der Waals surface area contributed by atoms with Crippen molar-refractivity contribution in [2.75, 3.05) is 33.2 Å². The average molecular weight is 389 g/mol. The highest BCUT2D eigenvalue weighted by Gasteiger charge is 2.19. The second kappa shape index (κ2) is 10.6. The molecule has 7 nitrogen and oxygen atoms in total. The fourth-order valence-corrected chi connectivity index (χ4v) is 3.27. The first-order chi connectivity index (χ1) is 13.6. The predicted molar refractivity (Wildman–Crippen MR) is 113 cm³/mol. The molecule has 0 saturated heterocycles. The van der Waals surface area contributed by atoms with Crippen LogP contribution in [0.3, 0.4) is 0 Å². The van der Waals surface area contributed by atoms with Crippen LogP contribution in [0.4, 0.5) is 5.69 Å². The second-order valence-electron chi connectivity index (χ2n) is 6.64. The number of aromatic nitrogens is 1. The molecule has 0 radical (unpaired) electrons. The Kier molecular flexibility index (Phi) is 8.19. The van der Waals surface area contributed by atoms with E-state index in [0.717, 1.165) is 47.7 Å². The third-order valence-corrected chi connectivity index (χ3v) is 4.80. The summed E-state index contributed by atoms with van der Waals surface area (Å²) in [4.78, 5) is 0. The van der Waals surface area contributed by atoms with E-state index in [4.69, 9.17) is 14.9 Å². The number of anilines is 1. The summed E-state index contributed by atoms with van der Waals surface area (Å²) in [7, 11) is 5.11. The van der Waals surface area contributed by atoms with Crippen molar-refractivity contribution in [2.45, 2.75) is 38.8 Å². The molecule has 0 aliphatic carbocycles. The Bertz CT molecular complexity index is 751. The number of nitrogens with one attached hydrogen (secondary N) is 3. The van der Waals surface area contributed by atoms with Crippen LogP contribution in [0.1, 0.15) is 37.4 Å². The summed E-state index contributed by atoms with van der Waals surface area (Å²) >= 11 is 0. The molecule has 1 aromatic heterocycles. The Labute approximate surface area is 167 Å². The molecule has 0 amide bonds. The van der Waals surface area contributed by atoms with Crippen LogP contribution in [0.2, 0.25) is 0 Å². The van der Waals surface area contributed by atoms with Gasteiger partial charge in [0.1, 0.15) is 23.0 Å². The van der Waals surface area contributed by atoms with Crippen LogP contribution in [0.25, 0.3) is 0 Å². The number of rotatable bonds is 11. The summed E-state index contributed by atoms with van der Waals surface area (Å²) in [6, 6.07) is 7.49. The van der Waals surface area contributed by atoms with Gasteiger partial charge in [0.25, 0.3) is 0 Å². The second-order valence-corrected chi connectivity index (χ2v) is 6.64. The van der Waals surface area contributed by atoms with Gasteiger partial charge < -0.3 is 29.8 Å². The van der Waals surface area contributed by atoms with E-state index in [9.17, 15) is 5.11 Å². The fourth-order valence-electron chi connectivity index (χ4n) is 3.27. The van der Waals surface area contributed by atoms with Gasteiger partial charge in [0.05, 0.1) is 44.7 Å². The Morgan fingerprint density at radius 3 is 2.43 bits per heavy atom. The molecule has 0 aliphatic rings. The molecule has 28 heavy (non-hydrogen) atoms. The van der Waals surface area contributed by atoms with Gasteiger partial charge in [-0.1, -0.05) is 25.8 Å². The van der Waals surface area contributed by atoms with Crippen molar-refractivity contribution >= 4 is 11.5 Å². The van der Waals surface area contributed by atoms with E-state index >= 15 is 0 Å². The maximum absolute atomic E-state index is 9.65. The number of hydrogen-bond donors (Lipinski definition) is 4. The zero-order valence-electron chi connectivity index (χ0n) is 17.2. The standard InChI is InChI=1S/C21H32N4O3/c1-5-6-8-15(14-26)24-21(22)20-17(23-2)11-12-25(20)13-16-18(27-3)9-7-10-19(16)28-4/h7,9-12,15,23,26H,5-6,8,13-14H2,1-4H3,(H2,22,24)/t15-/m0/s1. The summed E-state index contributed by atoms with van der Waals surface area (Å²) in [5.74, 6) is 1.75. The molecule has 0 aliphatic heterocycles. The zero-order chi connectivity index (χ0) is 20.5. The average Bonchev–Trinajstić information content (AvgIpc) is 3.13. The van der Waals surface area contributed by atoms with Crippen molar-refractivity contribution in [1.29, 1.82) is 5.41 Å². The molecule has 1 atom stereocenters. The van der Waals surface area contributed by atoms with Crippen LogP contribution in [0.15, 0.2) is 30.5 Å². The SMILES string of the molecule is CCCC[C@@H](CO)NC(=N)c1c(NC)ccn1Cc1c(OC)cccc1OC. The Hall–Kier alpha value is -2.67. The van der Waals surface area contributed by atoms with Crippen LogP contribution >= 0.6 is 0 Å². The third-order valence-electron chi connectivity index (χ3n) is 4.80. The van der Waals surface area contributed by atoms with Crippen molar-refractivity contribution in [3.8, 4) is 11.5 Å². The van der Waals surface area contributed by atoms with Gasteiger partial charge in [-0.05, 0) is 24.6 Å². The van der Waals surface area contributed by atoms with Crippen molar-refractivity contribution in [2.24, 2.45) is 0 Å². The van der Waals surface area contributed by atoms with E-state index < -0.39 is 0 Å². The minimum atomic E-state index is -0.138. The number of methoxy groups -OCH3 is 2. The highest BCUT2D eigenvalue weighted by molar-refractivity contribution is 6.00. The number of benzene rings is 1. The van der Waals surface area contributed by atoms with Gasteiger partial charge in [-0.2, -0.15) is 0 Å². The zero-order valence-corrected chi connectivity index (χ0v) is 17.2. The highest BCUT2D eigenvalue weighted by atomic mass is 16.5. The summed E-state index contributed by atoms with van der Waals surface area (Å²) in [5, 5.41) is 24.6. The summed E-state index contributed by atoms with van der Waals surface area (Å²) in [6.45, 7) is 2.61. The third kappa shape index (κ3) is 4.98.